The van der Waals surface area contributed by atoms with Crippen LogP contribution >= 0.6 is 0 Å². The summed E-state index contributed by atoms with van der Waals surface area (Å²) in [5, 5.41) is 0. The van der Waals surface area contributed by atoms with Crippen molar-refractivity contribution in [1.29, 1.82) is 0 Å². The van der Waals surface area contributed by atoms with Gasteiger partial charge in [0, 0.05) is 18.2 Å². The van der Waals surface area contributed by atoms with E-state index >= 15 is 0 Å². The Kier molecular flexibility index (Phi) is 5.12. The van der Waals surface area contributed by atoms with Crippen molar-refractivity contribution < 1.29 is 19.2 Å². The molecule has 0 spiro atoms. The minimum atomic E-state index is -0.534. The molecule has 0 aliphatic heterocycles. The number of hydrogen-bond acceptors (Lipinski definition) is 4. The summed E-state index contributed by atoms with van der Waals surface area (Å²) in [5.74, 6) is -0.926. The van der Waals surface area contributed by atoms with E-state index in [4.69, 9.17) is 15.3 Å². The molecule has 0 atom stereocenters. The van der Waals surface area contributed by atoms with Crippen LogP contribution in [0.25, 0.3) is 0 Å². The first-order valence-electron chi connectivity index (χ1n) is 4.96. The van der Waals surface area contributed by atoms with E-state index in [9.17, 15) is 9.59 Å². The fraction of sp³-hybridized carbons (Fsp3) is 0.273. The highest BCUT2D eigenvalue weighted by Crippen LogP contribution is 2.03. The molecule has 0 unspecified atom stereocenters. The average molecular weight is 238 g/mol. The summed E-state index contributed by atoms with van der Waals surface area (Å²) in [6.07, 6.45) is 0. The third-order valence-electron chi connectivity index (χ3n) is 1.99. The fourth-order valence-corrected chi connectivity index (χ4v) is 1.09. The molecular weight excluding hydrogens is 224 g/mol. The predicted octanol–water partition coefficient (Wildman–Crippen LogP) is 0.0933. The highest BCUT2D eigenvalue weighted by atomic mass is 16.7. The zero-order valence-corrected chi connectivity index (χ0v) is 9.43. The molecular formula is C11H14N2O4. The number of hydrogen-bond donors (Lipinski definition) is 2. The maximum Gasteiger partial charge on any atom is 0.274 e. The number of primary amides is 1. The number of hydroxylamine groups is 1. The fourth-order valence-electron chi connectivity index (χ4n) is 1.09. The minimum absolute atomic E-state index is 0.265. The lowest BCUT2D eigenvalue weighted by Gasteiger charge is -2.05. The quantitative estimate of drug-likeness (QED) is 0.543. The van der Waals surface area contributed by atoms with E-state index in [0.717, 1.165) is 0 Å². The normalized spacial score (nSPS) is 9.94. The maximum atomic E-state index is 11.5. The van der Waals surface area contributed by atoms with E-state index in [2.05, 4.69) is 5.48 Å². The molecule has 0 fully saturated rings. The van der Waals surface area contributed by atoms with Crippen LogP contribution in [0.5, 0.6) is 0 Å². The number of ether oxygens (including phenoxy) is 1. The molecule has 6 nitrogen and oxygen atoms in total. The van der Waals surface area contributed by atoms with Crippen LogP contribution in [0.2, 0.25) is 0 Å². The molecule has 0 heterocycles. The first-order chi connectivity index (χ1) is 8.15. The molecule has 17 heavy (non-hydrogen) atoms. The Balaban J connectivity index is 2.49. The largest absolute Gasteiger partial charge is 0.382 e. The van der Waals surface area contributed by atoms with Crippen molar-refractivity contribution in [3.8, 4) is 0 Å². The Morgan fingerprint density at radius 2 is 1.76 bits per heavy atom. The van der Waals surface area contributed by atoms with E-state index in [0.29, 0.717) is 17.7 Å². The molecule has 0 bridgehead atoms. The Hall–Kier alpha value is -1.92. The number of carbonyl (C=O) groups excluding carboxylic acids is 2. The number of carbonyl (C=O) groups is 2. The SMILES string of the molecule is COCCONC(=O)c1ccc(C(N)=O)cc1. The molecule has 92 valence electrons. The lowest BCUT2D eigenvalue weighted by atomic mass is 10.1. The topological polar surface area (TPSA) is 90.7 Å². The highest BCUT2D eigenvalue weighted by molar-refractivity contribution is 5.96. The van der Waals surface area contributed by atoms with Gasteiger partial charge in [0.05, 0.1) is 13.2 Å². The van der Waals surface area contributed by atoms with Crippen molar-refractivity contribution in [2.24, 2.45) is 5.73 Å². The third-order valence-corrected chi connectivity index (χ3v) is 1.99. The van der Waals surface area contributed by atoms with Crippen molar-refractivity contribution in [3.63, 3.8) is 0 Å². The first kappa shape index (κ1) is 13.1. The van der Waals surface area contributed by atoms with Crippen LogP contribution in [0.1, 0.15) is 20.7 Å². The third kappa shape index (κ3) is 4.21. The Morgan fingerprint density at radius 1 is 1.18 bits per heavy atom. The van der Waals surface area contributed by atoms with Crippen LogP contribution in [-0.4, -0.2) is 32.1 Å². The van der Waals surface area contributed by atoms with Crippen molar-refractivity contribution in [3.05, 3.63) is 35.4 Å². The zero-order valence-electron chi connectivity index (χ0n) is 9.43. The molecule has 0 radical (unpaired) electrons. The van der Waals surface area contributed by atoms with Crippen LogP contribution in [0.15, 0.2) is 24.3 Å². The van der Waals surface area contributed by atoms with Gasteiger partial charge in [0.25, 0.3) is 5.91 Å². The molecule has 0 saturated carbocycles. The summed E-state index contributed by atoms with van der Waals surface area (Å²) in [5.41, 5.74) is 8.05. The second kappa shape index (κ2) is 6.62. The smallest absolute Gasteiger partial charge is 0.274 e. The van der Waals surface area contributed by atoms with Gasteiger partial charge in [0.1, 0.15) is 0 Å². The van der Waals surface area contributed by atoms with E-state index in [1.54, 1.807) is 0 Å². The Bertz CT molecular complexity index is 389. The van der Waals surface area contributed by atoms with Crippen LogP contribution in [-0.2, 0) is 9.57 Å². The zero-order chi connectivity index (χ0) is 12.7. The van der Waals surface area contributed by atoms with Crippen LogP contribution in [0.4, 0.5) is 0 Å². The summed E-state index contributed by atoms with van der Waals surface area (Å²) in [4.78, 5) is 27.2. The predicted molar refractivity (Wildman–Crippen MR) is 60.3 cm³/mol. The highest BCUT2D eigenvalue weighted by Gasteiger charge is 2.06. The summed E-state index contributed by atoms with van der Waals surface area (Å²) >= 11 is 0. The van der Waals surface area contributed by atoms with E-state index in [1.807, 2.05) is 0 Å². The standard InChI is InChI=1S/C11H14N2O4/c1-16-6-7-17-13-11(15)9-4-2-8(3-5-9)10(12)14/h2-5H,6-7H2,1H3,(H2,12,14)(H,13,15). The summed E-state index contributed by atoms with van der Waals surface area (Å²) in [6.45, 7) is 0.655. The molecule has 0 aromatic heterocycles. The molecule has 0 saturated heterocycles. The maximum absolute atomic E-state index is 11.5. The van der Waals surface area contributed by atoms with Crippen molar-refractivity contribution in [2.45, 2.75) is 0 Å². The van der Waals surface area contributed by atoms with Crippen LogP contribution < -0.4 is 11.2 Å². The van der Waals surface area contributed by atoms with Gasteiger partial charge in [-0.05, 0) is 24.3 Å². The Labute approximate surface area is 98.7 Å². The van der Waals surface area contributed by atoms with Gasteiger partial charge in [0.15, 0.2) is 0 Å². The van der Waals surface area contributed by atoms with Crippen LogP contribution in [0, 0.1) is 0 Å². The number of amides is 2. The number of benzene rings is 1. The molecule has 3 N–H and O–H groups in total. The molecule has 1 aromatic carbocycles. The van der Waals surface area contributed by atoms with Gasteiger partial charge >= 0.3 is 0 Å². The molecule has 1 aromatic rings. The van der Waals surface area contributed by atoms with Gasteiger partial charge in [-0.1, -0.05) is 0 Å². The van der Waals surface area contributed by atoms with Crippen molar-refractivity contribution in [1.82, 2.24) is 5.48 Å². The Morgan fingerprint density at radius 3 is 2.29 bits per heavy atom. The van der Waals surface area contributed by atoms with Gasteiger partial charge < -0.3 is 10.5 Å². The summed E-state index contributed by atoms with van der Waals surface area (Å²) in [7, 11) is 1.54. The minimum Gasteiger partial charge on any atom is -0.382 e. The van der Waals surface area contributed by atoms with E-state index < -0.39 is 11.8 Å². The number of methoxy groups -OCH3 is 1. The molecule has 2 amide bonds. The first-order valence-corrected chi connectivity index (χ1v) is 4.96. The molecule has 1 rings (SSSR count). The van der Waals surface area contributed by atoms with Gasteiger partial charge in [-0.15, -0.1) is 0 Å². The lowest BCUT2D eigenvalue weighted by Crippen LogP contribution is -2.25. The van der Waals surface area contributed by atoms with Crippen molar-refractivity contribution in [2.75, 3.05) is 20.3 Å². The van der Waals surface area contributed by atoms with Gasteiger partial charge in [0.2, 0.25) is 5.91 Å². The molecule has 0 aliphatic rings. The van der Waals surface area contributed by atoms with Gasteiger partial charge in [-0.3, -0.25) is 14.4 Å². The summed E-state index contributed by atoms with van der Waals surface area (Å²) < 4.78 is 4.74. The summed E-state index contributed by atoms with van der Waals surface area (Å²) in [6, 6.07) is 5.95. The second-order valence-corrected chi connectivity index (χ2v) is 3.21. The van der Waals surface area contributed by atoms with Crippen LogP contribution in [0.3, 0.4) is 0 Å². The number of nitrogens with one attached hydrogen (secondary N) is 1. The number of nitrogens with two attached hydrogens (primary N) is 1. The van der Waals surface area contributed by atoms with E-state index in [-0.39, 0.29) is 6.61 Å². The lowest BCUT2D eigenvalue weighted by molar-refractivity contribution is 0.00888. The van der Waals surface area contributed by atoms with Gasteiger partial charge in [-0.25, -0.2) is 5.48 Å². The molecule has 0 aliphatic carbocycles. The monoisotopic (exact) mass is 238 g/mol. The average Bonchev–Trinajstić information content (AvgIpc) is 2.34. The van der Waals surface area contributed by atoms with E-state index in [1.165, 1.54) is 31.4 Å². The molecule has 6 heteroatoms. The second-order valence-electron chi connectivity index (χ2n) is 3.21. The van der Waals surface area contributed by atoms with Crippen molar-refractivity contribution >= 4 is 11.8 Å². The van der Waals surface area contributed by atoms with Gasteiger partial charge in [-0.2, -0.15) is 0 Å². The number of rotatable bonds is 6.